The molecule has 10 heteroatoms. The fourth-order valence-corrected chi connectivity index (χ4v) is 4.69. The predicted molar refractivity (Wildman–Crippen MR) is 147 cm³/mol. The van der Waals surface area contributed by atoms with E-state index >= 15 is 0 Å². The van der Waals surface area contributed by atoms with Gasteiger partial charge in [-0.3, -0.25) is 14.6 Å². The molecule has 2 aliphatic rings. The van der Waals surface area contributed by atoms with E-state index in [9.17, 15) is 14.4 Å². The third kappa shape index (κ3) is 6.11. The number of hydrogen-bond donors (Lipinski definition) is 2. The number of hydrazine groups is 1. The number of rotatable bonds is 11. The fraction of sp³-hybridized carbons (Fsp3) is 0.393. The minimum absolute atomic E-state index is 0.0696. The molecule has 0 bridgehead atoms. The number of unbranched alkanes of at least 4 members (excludes halogenated alkanes) is 1. The highest BCUT2D eigenvalue weighted by molar-refractivity contribution is 6.17. The van der Waals surface area contributed by atoms with Crippen LogP contribution in [0.3, 0.4) is 0 Å². The molecule has 4 rings (SSSR count). The predicted octanol–water partition coefficient (Wildman–Crippen LogP) is 4.38. The highest BCUT2D eigenvalue weighted by atomic mass is 35.5. The zero-order valence-electron chi connectivity index (χ0n) is 21.7. The second-order valence-electron chi connectivity index (χ2n) is 9.08. The van der Waals surface area contributed by atoms with Crippen LogP contribution in [0, 0.1) is 0 Å². The van der Waals surface area contributed by atoms with Gasteiger partial charge in [-0.2, -0.15) is 0 Å². The van der Waals surface area contributed by atoms with Crippen molar-refractivity contribution in [3.05, 3.63) is 59.8 Å². The molecule has 0 fully saturated rings. The first kappa shape index (κ1) is 27.5. The molecule has 2 aliphatic heterocycles. The number of benzene rings is 2. The van der Waals surface area contributed by atoms with Crippen molar-refractivity contribution in [2.75, 3.05) is 41.4 Å². The molecule has 38 heavy (non-hydrogen) atoms. The van der Waals surface area contributed by atoms with Crippen molar-refractivity contribution in [3.63, 3.8) is 0 Å². The van der Waals surface area contributed by atoms with Gasteiger partial charge in [0.05, 0.1) is 19.4 Å². The Balaban J connectivity index is 1.56. The lowest BCUT2D eigenvalue weighted by molar-refractivity contribution is -0.145. The number of ether oxygens (including phenoxy) is 2. The van der Waals surface area contributed by atoms with E-state index in [0.29, 0.717) is 72.4 Å². The van der Waals surface area contributed by atoms with Crippen molar-refractivity contribution >= 4 is 46.4 Å². The van der Waals surface area contributed by atoms with Crippen LogP contribution in [-0.2, 0) is 19.1 Å². The smallest absolute Gasteiger partial charge is 0.329 e. The first-order valence-electron chi connectivity index (χ1n) is 12.8. The van der Waals surface area contributed by atoms with Gasteiger partial charge in [0.15, 0.2) is 0 Å². The fourth-order valence-electron chi connectivity index (χ4n) is 4.50. The van der Waals surface area contributed by atoms with E-state index in [1.54, 1.807) is 41.3 Å². The first-order valence-corrected chi connectivity index (χ1v) is 13.4. The number of nitrogens with one attached hydrogen (secondary N) is 2. The third-order valence-corrected chi connectivity index (χ3v) is 6.72. The summed E-state index contributed by atoms with van der Waals surface area (Å²) in [7, 11) is 1.59. The van der Waals surface area contributed by atoms with E-state index in [1.807, 2.05) is 31.2 Å². The molecule has 0 saturated heterocycles. The topological polar surface area (TPSA) is 100 Å². The minimum Gasteiger partial charge on any atom is -0.497 e. The zero-order valence-corrected chi connectivity index (χ0v) is 22.4. The number of amides is 2. The number of carbonyl (C=O) groups is 3. The molecular weight excluding hydrogens is 508 g/mol. The summed E-state index contributed by atoms with van der Waals surface area (Å²) in [6, 6.07) is 13.7. The summed E-state index contributed by atoms with van der Waals surface area (Å²) in [6.45, 7) is 2.67. The van der Waals surface area contributed by atoms with E-state index in [0.717, 1.165) is 12.8 Å². The highest BCUT2D eigenvalue weighted by Crippen LogP contribution is 2.36. The van der Waals surface area contributed by atoms with Crippen molar-refractivity contribution < 1.29 is 23.9 Å². The highest BCUT2D eigenvalue weighted by Gasteiger charge is 2.44. The molecule has 2 aromatic rings. The quantitative estimate of drug-likeness (QED) is 0.248. The molecule has 2 N–H and O–H groups in total. The Bertz CT molecular complexity index is 1180. The zero-order chi connectivity index (χ0) is 27.1. The van der Waals surface area contributed by atoms with Crippen molar-refractivity contribution in [2.45, 2.75) is 45.1 Å². The molecule has 2 amide bonds. The van der Waals surface area contributed by atoms with Crippen LogP contribution in [0.15, 0.2) is 59.8 Å². The van der Waals surface area contributed by atoms with Crippen LogP contribution in [0.5, 0.6) is 5.75 Å². The lowest BCUT2D eigenvalue weighted by Gasteiger charge is -2.31. The number of esters is 1. The molecule has 2 aromatic carbocycles. The number of hydrogen-bond acceptors (Lipinski definition) is 7. The van der Waals surface area contributed by atoms with Crippen LogP contribution in [0.2, 0.25) is 0 Å². The van der Waals surface area contributed by atoms with Gasteiger partial charge >= 0.3 is 5.97 Å². The Morgan fingerprint density at radius 2 is 1.79 bits per heavy atom. The summed E-state index contributed by atoms with van der Waals surface area (Å²) in [5.74, 6) is 0.528. The van der Waals surface area contributed by atoms with Gasteiger partial charge in [-0.15, -0.1) is 11.6 Å². The van der Waals surface area contributed by atoms with E-state index < -0.39 is 12.0 Å². The summed E-state index contributed by atoms with van der Waals surface area (Å²) >= 11 is 5.68. The molecule has 202 valence electrons. The van der Waals surface area contributed by atoms with E-state index in [4.69, 9.17) is 21.1 Å². The number of anilines is 3. The van der Waals surface area contributed by atoms with Crippen LogP contribution < -0.4 is 25.4 Å². The SMILES string of the molecule is CCCOC(=O)C1NN(c2ccc(OC)cc2)C2=C1CCN(c1ccc(NC(=O)CCCCCl)cc1)C2=O. The maximum Gasteiger partial charge on any atom is 0.329 e. The van der Waals surface area contributed by atoms with Crippen molar-refractivity contribution in [1.29, 1.82) is 0 Å². The average molecular weight is 541 g/mol. The monoisotopic (exact) mass is 540 g/mol. The Kier molecular flexibility index (Phi) is 9.25. The standard InChI is InChI=1S/C28H33ClN4O5/c1-3-18-38-28(36)25-23-15-17-32(20-9-7-19(8-10-20)30-24(34)6-4-5-16-29)27(35)26(23)33(31-25)21-11-13-22(37-2)14-12-21/h7-14,25,31H,3-6,15-18H2,1-2H3,(H,30,34). The summed E-state index contributed by atoms with van der Waals surface area (Å²) < 4.78 is 10.7. The molecular formula is C28H33ClN4O5. The van der Waals surface area contributed by atoms with Crippen molar-refractivity contribution in [3.8, 4) is 5.75 Å². The van der Waals surface area contributed by atoms with E-state index in [-0.39, 0.29) is 11.8 Å². The lowest BCUT2D eigenvalue weighted by atomic mass is 9.98. The van der Waals surface area contributed by atoms with Crippen LogP contribution in [0.1, 0.15) is 39.0 Å². The average Bonchev–Trinajstić information content (AvgIpc) is 3.33. The number of alkyl halides is 1. The van der Waals surface area contributed by atoms with Crippen LogP contribution in [0.4, 0.5) is 17.1 Å². The summed E-state index contributed by atoms with van der Waals surface area (Å²) in [4.78, 5) is 40.5. The largest absolute Gasteiger partial charge is 0.497 e. The van der Waals surface area contributed by atoms with Gasteiger partial charge < -0.3 is 19.7 Å². The number of methoxy groups -OCH3 is 1. The molecule has 2 heterocycles. The maximum absolute atomic E-state index is 13.8. The minimum atomic E-state index is -0.735. The van der Waals surface area contributed by atoms with Crippen molar-refractivity contribution in [2.24, 2.45) is 0 Å². The number of carbonyl (C=O) groups excluding carboxylic acids is 3. The molecule has 1 atom stereocenters. The summed E-state index contributed by atoms with van der Waals surface area (Å²) in [5.41, 5.74) is 6.38. The summed E-state index contributed by atoms with van der Waals surface area (Å²) in [5, 5.41) is 4.54. The lowest BCUT2D eigenvalue weighted by Crippen LogP contribution is -2.44. The molecule has 0 radical (unpaired) electrons. The Morgan fingerprint density at radius 3 is 2.45 bits per heavy atom. The Morgan fingerprint density at radius 1 is 1.08 bits per heavy atom. The molecule has 1 unspecified atom stereocenters. The van der Waals surface area contributed by atoms with Gasteiger partial charge in [-0.05, 0) is 79.8 Å². The van der Waals surface area contributed by atoms with Crippen LogP contribution in [0.25, 0.3) is 0 Å². The third-order valence-electron chi connectivity index (χ3n) is 6.45. The number of halogens is 1. The van der Waals surface area contributed by atoms with Gasteiger partial charge in [-0.1, -0.05) is 6.92 Å². The van der Waals surface area contributed by atoms with Gasteiger partial charge in [0.2, 0.25) is 5.91 Å². The van der Waals surface area contributed by atoms with Gasteiger partial charge in [0, 0.05) is 30.2 Å². The van der Waals surface area contributed by atoms with Crippen LogP contribution in [-0.4, -0.2) is 50.0 Å². The normalized spacial score (nSPS) is 16.9. The van der Waals surface area contributed by atoms with Gasteiger partial charge in [0.1, 0.15) is 17.5 Å². The molecule has 0 saturated carbocycles. The van der Waals surface area contributed by atoms with E-state index in [1.165, 1.54) is 0 Å². The Hall–Kier alpha value is -3.56. The molecule has 9 nitrogen and oxygen atoms in total. The molecule has 0 aromatic heterocycles. The second kappa shape index (κ2) is 12.8. The molecule has 0 spiro atoms. The van der Waals surface area contributed by atoms with Crippen LogP contribution >= 0.6 is 11.6 Å². The van der Waals surface area contributed by atoms with Gasteiger partial charge in [-0.25, -0.2) is 10.2 Å². The Labute approximate surface area is 227 Å². The summed E-state index contributed by atoms with van der Waals surface area (Å²) in [6.07, 6.45) is 3.15. The second-order valence-corrected chi connectivity index (χ2v) is 9.46. The first-order chi connectivity index (χ1) is 18.5. The maximum atomic E-state index is 13.8. The number of nitrogens with zero attached hydrogens (tertiary/aromatic N) is 2. The molecule has 0 aliphatic carbocycles. The van der Waals surface area contributed by atoms with Gasteiger partial charge in [0.25, 0.3) is 5.91 Å². The van der Waals surface area contributed by atoms with Crippen molar-refractivity contribution in [1.82, 2.24) is 5.43 Å². The van der Waals surface area contributed by atoms with E-state index in [2.05, 4.69) is 10.7 Å².